The minimum atomic E-state index is -0.712. The van der Waals surface area contributed by atoms with Crippen LogP contribution >= 0.6 is 11.3 Å². The number of hydrogen-bond acceptors (Lipinski definition) is 8. The Morgan fingerprint density at radius 1 is 1.14 bits per heavy atom. The van der Waals surface area contributed by atoms with E-state index in [1.54, 1.807) is 19.1 Å². The van der Waals surface area contributed by atoms with Gasteiger partial charge in [0.2, 0.25) is 10.6 Å². The van der Waals surface area contributed by atoms with E-state index in [1.807, 2.05) is 0 Å². The molecule has 7 rings (SSSR count). The summed E-state index contributed by atoms with van der Waals surface area (Å²) in [6.07, 6.45) is 7.40. The molecule has 0 unspecified atom stereocenters. The summed E-state index contributed by atoms with van der Waals surface area (Å²) in [4.78, 5) is 36.6. The summed E-state index contributed by atoms with van der Waals surface area (Å²) >= 11 is 1.38. The van der Waals surface area contributed by atoms with E-state index in [2.05, 4.69) is 20.6 Å². The fraction of sp³-hybridized carbons (Fsp3) is 0.458. The number of aromatic nitrogens is 4. The van der Waals surface area contributed by atoms with Crippen molar-refractivity contribution in [1.29, 1.82) is 0 Å². The van der Waals surface area contributed by atoms with Crippen LogP contribution in [0, 0.1) is 34.8 Å². The number of nitrogens with one attached hydrogen (secondary N) is 1. The average molecular weight is 493 g/mol. The first-order valence-corrected chi connectivity index (χ1v) is 12.6. The molecule has 0 radical (unpaired) electrons. The van der Waals surface area contributed by atoms with Gasteiger partial charge in [0.15, 0.2) is 5.69 Å². The van der Waals surface area contributed by atoms with Crippen molar-refractivity contribution in [3.8, 4) is 5.69 Å². The number of anilines is 1. The number of nitro groups is 1. The molecule has 4 fully saturated rings. The average Bonchev–Trinajstić information content (AvgIpc) is 3.27. The Morgan fingerprint density at radius 3 is 2.46 bits per heavy atom. The molecule has 35 heavy (non-hydrogen) atoms. The Kier molecular flexibility index (Phi) is 5.06. The third-order valence-corrected chi connectivity index (χ3v) is 8.85. The van der Waals surface area contributed by atoms with Gasteiger partial charge in [-0.3, -0.25) is 25.0 Å². The van der Waals surface area contributed by atoms with Crippen LogP contribution in [0.15, 0.2) is 35.1 Å². The van der Waals surface area contributed by atoms with Gasteiger partial charge < -0.3 is 0 Å². The van der Waals surface area contributed by atoms with Crippen molar-refractivity contribution in [1.82, 2.24) is 20.0 Å². The maximum absolute atomic E-state index is 13.0. The van der Waals surface area contributed by atoms with Crippen molar-refractivity contribution in [2.45, 2.75) is 50.9 Å². The van der Waals surface area contributed by atoms with E-state index in [0.29, 0.717) is 10.8 Å². The number of hydrogen-bond donors (Lipinski definition) is 1. The molecular formula is C24H24N6O4S. The van der Waals surface area contributed by atoms with Crippen LogP contribution in [-0.2, 0) is 5.41 Å². The van der Waals surface area contributed by atoms with E-state index in [0.717, 1.165) is 42.0 Å². The summed E-state index contributed by atoms with van der Waals surface area (Å²) in [5.41, 5.74) is -0.496. The van der Waals surface area contributed by atoms with Crippen molar-refractivity contribution in [2.24, 2.45) is 17.8 Å². The predicted molar refractivity (Wildman–Crippen MR) is 129 cm³/mol. The zero-order valence-electron chi connectivity index (χ0n) is 19.1. The highest BCUT2D eigenvalue weighted by atomic mass is 32.1. The lowest BCUT2D eigenvalue weighted by atomic mass is 9.50. The quantitative estimate of drug-likeness (QED) is 0.420. The van der Waals surface area contributed by atoms with Crippen LogP contribution in [0.4, 0.5) is 10.8 Å². The lowest BCUT2D eigenvalue weighted by Crippen LogP contribution is -2.48. The number of rotatable bonds is 5. The van der Waals surface area contributed by atoms with E-state index in [4.69, 9.17) is 0 Å². The Hall–Kier alpha value is -3.47. The highest BCUT2D eigenvalue weighted by molar-refractivity contribution is 7.15. The van der Waals surface area contributed by atoms with E-state index in [1.165, 1.54) is 53.5 Å². The topological polar surface area (TPSA) is 133 Å². The number of para-hydroxylation sites is 2. The van der Waals surface area contributed by atoms with Crippen LogP contribution in [-0.4, -0.2) is 30.8 Å². The van der Waals surface area contributed by atoms with Gasteiger partial charge in [-0.15, -0.1) is 10.2 Å². The molecule has 4 aliphatic carbocycles. The Labute approximate surface area is 204 Å². The van der Waals surface area contributed by atoms with Crippen LogP contribution in [0.3, 0.4) is 0 Å². The highest BCUT2D eigenvalue weighted by Gasteiger charge is 2.53. The molecule has 1 amide bonds. The van der Waals surface area contributed by atoms with Crippen LogP contribution < -0.4 is 10.7 Å². The number of nitro benzene ring substituents is 1. The van der Waals surface area contributed by atoms with E-state index >= 15 is 0 Å². The summed E-state index contributed by atoms with van der Waals surface area (Å²) in [5.74, 6) is 1.58. The molecule has 4 saturated carbocycles. The number of amides is 1. The summed E-state index contributed by atoms with van der Waals surface area (Å²) < 4.78 is 1.25. The normalized spacial score (nSPS) is 26.6. The van der Waals surface area contributed by atoms with Crippen molar-refractivity contribution in [3.05, 3.63) is 67.1 Å². The van der Waals surface area contributed by atoms with Crippen LogP contribution in [0.1, 0.15) is 59.7 Å². The maximum Gasteiger partial charge on any atom is 0.294 e. The Balaban J connectivity index is 1.28. The predicted octanol–water partition coefficient (Wildman–Crippen LogP) is 4.02. The smallest absolute Gasteiger partial charge is 0.294 e. The third-order valence-electron chi connectivity index (χ3n) is 7.77. The SMILES string of the molecule is Cc1cc(=O)c(C(=O)Nc2nnc(C34CC5CC(CC(C5)C3)C4)s2)nn1-c1ccccc1[N+](=O)[O-]. The van der Waals surface area contributed by atoms with Gasteiger partial charge in [0.25, 0.3) is 11.6 Å². The standard InChI is InChI=1S/C24H24N6O4S/c1-13-6-19(31)20(28-29(13)17-4-2-3-5-18(17)30(33)34)21(32)25-23-27-26-22(35-23)24-10-14-7-15(11-24)9-16(8-14)12-24/h2-6,14-16H,7-12H2,1H3,(H,25,27,32). The number of carbonyl (C=O) groups excluding carboxylic acids is 1. The van der Waals surface area contributed by atoms with Gasteiger partial charge in [-0.05, 0) is 69.3 Å². The van der Waals surface area contributed by atoms with Crippen LogP contribution in [0.2, 0.25) is 0 Å². The van der Waals surface area contributed by atoms with Crippen molar-refractivity contribution in [2.75, 3.05) is 5.32 Å². The lowest BCUT2D eigenvalue weighted by molar-refractivity contribution is -0.384. The molecule has 0 saturated heterocycles. The monoisotopic (exact) mass is 492 g/mol. The van der Waals surface area contributed by atoms with Crippen molar-refractivity contribution < 1.29 is 9.72 Å². The number of nitrogens with zero attached hydrogens (tertiary/aromatic N) is 5. The second kappa shape index (κ2) is 8.04. The molecule has 11 heteroatoms. The molecule has 10 nitrogen and oxygen atoms in total. The molecular weight excluding hydrogens is 468 g/mol. The first kappa shape index (κ1) is 22.0. The zero-order valence-corrected chi connectivity index (χ0v) is 20.0. The summed E-state index contributed by atoms with van der Waals surface area (Å²) in [7, 11) is 0. The molecule has 0 spiro atoms. The molecule has 3 aromatic rings. The van der Waals surface area contributed by atoms with Gasteiger partial charge in [0, 0.05) is 23.2 Å². The van der Waals surface area contributed by atoms with Gasteiger partial charge in [0.1, 0.15) is 10.7 Å². The largest absolute Gasteiger partial charge is 0.295 e. The minimum Gasteiger partial charge on any atom is -0.295 e. The lowest BCUT2D eigenvalue weighted by Gasteiger charge is -2.55. The summed E-state index contributed by atoms with van der Waals surface area (Å²) in [5, 5.41) is 28.3. The second-order valence-electron chi connectivity index (χ2n) is 10.2. The summed E-state index contributed by atoms with van der Waals surface area (Å²) in [6.45, 7) is 1.61. The van der Waals surface area contributed by atoms with Crippen molar-refractivity contribution >= 4 is 28.1 Å². The molecule has 4 bridgehead atoms. The maximum atomic E-state index is 13.0. The van der Waals surface area contributed by atoms with Gasteiger partial charge >= 0.3 is 0 Å². The molecule has 2 aromatic heterocycles. The fourth-order valence-electron chi connectivity index (χ4n) is 6.76. The minimum absolute atomic E-state index is 0.0659. The van der Waals surface area contributed by atoms with Gasteiger partial charge in [-0.1, -0.05) is 23.5 Å². The molecule has 180 valence electrons. The molecule has 2 heterocycles. The fourth-order valence-corrected chi connectivity index (χ4v) is 7.72. The van der Waals surface area contributed by atoms with Gasteiger partial charge in [-0.2, -0.15) is 5.10 Å². The number of aryl methyl sites for hydroxylation is 1. The first-order chi connectivity index (χ1) is 16.8. The van der Waals surface area contributed by atoms with Gasteiger partial charge in [-0.25, -0.2) is 4.68 Å². The first-order valence-electron chi connectivity index (χ1n) is 11.8. The molecule has 1 N–H and O–H groups in total. The zero-order chi connectivity index (χ0) is 24.3. The number of benzene rings is 1. The Bertz CT molecular complexity index is 1380. The second-order valence-corrected chi connectivity index (χ2v) is 11.2. The van der Waals surface area contributed by atoms with Crippen LogP contribution in [0.25, 0.3) is 5.69 Å². The van der Waals surface area contributed by atoms with Crippen LogP contribution in [0.5, 0.6) is 0 Å². The number of carbonyl (C=O) groups is 1. The van der Waals surface area contributed by atoms with Crippen molar-refractivity contribution in [3.63, 3.8) is 0 Å². The van der Waals surface area contributed by atoms with E-state index in [9.17, 15) is 19.7 Å². The van der Waals surface area contributed by atoms with Gasteiger partial charge in [0.05, 0.1) is 4.92 Å². The molecule has 0 aliphatic heterocycles. The molecule has 1 aromatic carbocycles. The van der Waals surface area contributed by atoms with E-state index in [-0.39, 0.29) is 22.5 Å². The van der Waals surface area contributed by atoms with E-state index < -0.39 is 16.3 Å². The summed E-state index contributed by atoms with van der Waals surface area (Å²) in [6, 6.07) is 7.30. The third kappa shape index (κ3) is 3.74. The molecule has 4 aliphatic rings. The Morgan fingerprint density at radius 2 is 1.80 bits per heavy atom. The molecule has 0 atom stereocenters. The highest BCUT2D eigenvalue weighted by Crippen LogP contribution is 2.61.